The fourth-order valence-electron chi connectivity index (χ4n) is 1.01. The zero-order valence-electron chi connectivity index (χ0n) is 8.45. The van der Waals surface area contributed by atoms with E-state index in [1.54, 1.807) is 18.2 Å². The van der Waals surface area contributed by atoms with Gasteiger partial charge < -0.3 is 4.74 Å². The molecule has 6 heteroatoms. The van der Waals surface area contributed by atoms with Gasteiger partial charge in [0.2, 0.25) is 0 Å². The molecule has 0 unspecified atom stereocenters. The van der Waals surface area contributed by atoms with Gasteiger partial charge in [-0.25, -0.2) is 0 Å². The van der Waals surface area contributed by atoms with Crippen LogP contribution in [0.1, 0.15) is 6.42 Å². The molecule has 1 aromatic rings. The molecule has 0 radical (unpaired) electrons. The molecule has 90 valence electrons. The van der Waals surface area contributed by atoms with Gasteiger partial charge in [0, 0.05) is 11.1 Å². The minimum Gasteiger partial charge on any atom is -0.426 e. The van der Waals surface area contributed by atoms with Crippen LogP contribution in [0.2, 0.25) is 5.02 Å². The fraction of sp³-hybridized carbons (Fsp3) is 0.0909. The molecule has 0 amide bonds. The quantitative estimate of drug-likeness (QED) is 0.369. The third-order valence-electron chi connectivity index (χ3n) is 1.62. The normalized spacial score (nSPS) is 9.59. The zero-order chi connectivity index (χ0) is 12.8. The number of esters is 1. The first kappa shape index (κ1) is 14.0. The Hall–Kier alpha value is -1.03. The maximum atomic E-state index is 11.3. The summed E-state index contributed by atoms with van der Waals surface area (Å²) in [4.78, 5) is 22.5. The molecular weight excluding hydrogens is 286 g/mol. The summed E-state index contributed by atoms with van der Waals surface area (Å²) in [6.45, 7) is 0. The second-order valence-corrected chi connectivity index (χ2v) is 4.45. The summed E-state index contributed by atoms with van der Waals surface area (Å²) in [6, 6.07) is 6.29. The van der Waals surface area contributed by atoms with Gasteiger partial charge in [-0.3, -0.25) is 9.59 Å². The predicted molar refractivity (Wildman–Crippen MR) is 66.5 cm³/mol. The second kappa shape index (κ2) is 6.64. The molecule has 0 bridgehead atoms. The first-order chi connectivity index (χ1) is 7.97. The van der Waals surface area contributed by atoms with Gasteiger partial charge in [-0.2, -0.15) is 0 Å². The third kappa shape index (κ3) is 5.73. The highest BCUT2D eigenvalue weighted by Gasteiger charge is 2.10. The van der Waals surface area contributed by atoms with E-state index in [-0.39, 0.29) is 10.2 Å². The SMILES string of the molecule is O=C(C=C(Cl)Cl)CC(=O)Oc1cccc(Cl)c1. The Kier molecular flexibility index (Phi) is 5.48. The molecule has 0 saturated heterocycles. The number of ketones is 1. The van der Waals surface area contributed by atoms with E-state index in [0.29, 0.717) is 5.02 Å². The predicted octanol–water partition coefficient (Wildman–Crippen LogP) is 3.52. The van der Waals surface area contributed by atoms with Gasteiger partial charge in [-0.05, 0) is 18.2 Å². The first-order valence-corrected chi connectivity index (χ1v) is 5.62. The Bertz CT molecular complexity index is 465. The number of benzene rings is 1. The van der Waals surface area contributed by atoms with E-state index in [9.17, 15) is 9.59 Å². The molecule has 0 atom stereocenters. The maximum Gasteiger partial charge on any atom is 0.319 e. The van der Waals surface area contributed by atoms with Gasteiger partial charge in [-0.1, -0.05) is 40.9 Å². The molecule has 0 aliphatic rings. The highest BCUT2D eigenvalue weighted by atomic mass is 35.5. The summed E-state index contributed by atoms with van der Waals surface area (Å²) in [6.07, 6.45) is 0.512. The van der Waals surface area contributed by atoms with Crippen molar-refractivity contribution in [3.63, 3.8) is 0 Å². The Morgan fingerprint density at radius 3 is 2.59 bits per heavy atom. The lowest BCUT2D eigenvalue weighted by molar-refractivity contribution is -0.136. The van der Waals surface area contributed by atoms with Crippen molar-refractivity contribution in [3.05, 3.63) is 39.9 Å². The Labute approximate surface area is 113 Å². The number of halogens is 3. The van der Waals surface area contributed by atoms with Crippen LogP contribution in [0.5, 0.6) is 5.75 Å². The molecule has 0 aliphatic heterocycles. The molecule has 0 spiro atoms. The Balaban J connectivity index is 2.56. The average Bonchev–Trinajstić information content (AvgIpc) is 2.14. The monoisotopic (exact) mass is 292 g/mol. The summed E-state index contributed by atoms with van der Waals surface area (Å²) in [7, 11) is 0. The van der Waals surface area contributed by atoms with Crippen molar-refractivity contribution in [1.82, 2.24) is 0 Å². The lowest BCUT2D eigenvalue weighted by Crippen LogP contribution is -2.12. The molecule has 0 N–H and O–H groups in total. The van der Waals surface area contributed by atoms with Crippen LogP contribution in [0.4, 0.5) is 0 Å². The van der Waals surface area contributed by atoms with Gasteiger partial charge in [0.25, 0.3) is 0 Å². The van der Waals surface area contributed by atoms with E-state index in [4.69, 9.17) is 39.5 Å². The highest BCUT2D eigenvalue weighted by molar-refractivity contribution is 6.56. The second-order valence-electron chi connectivity index (χ2n) is 3.01. The molecule has 1 aromatic carbocycles. The van der Waals surface area contributed by atoms with Crippen LogP contribution in [0.15, 0.2) is 34.8 Å². The van der Waals surface area contributed by atoms with Crippen LogP contribution in [-0.4, -0.2) is 11.8 Å². The van der Waals surface area contributed by atoms with Crippen LogP contribution < -0.4 is 4.74 Å². The molecule has 0 aliphatic carbocycles. The molecule has 0 heterocycles. The zero-order valence-corrected chi connectivity index (χ0v) is 10.7. The average molecular weight is 294 g/mol. The van der Waals surface area contributed by atoms with Crippen molar-refractivity contribution in [2.45, 2.75) is 6.42 Å². The number of hydrogen-bond acceptors (Lipinski definition) is 3. The van der Waals surface area contributed by atoms with Crippen molar-refractivity contribution < 1.29 is 14.3 Å². The van der Waals surface area contributed by atoms with Crippen molar-refractivity contribution in [3.8, 4) is 5.75 Å². The van der Waals surface area contributed by atoms with Crippen LogP contribution in [-0.2, 0) is 9.59 Å². The summed E-state index contributed by atoms with van der Waals surface area (Å²) in [5.74, 6) is -0.962. The smallest absolute Gasteiger partial charge is 0.319 e. The van der Waals surface area contributed by atoms with Crippen LogP contribution in [0.3, 0.4) is 0 Å². The van der Waals surface area contributed by atoms with Crippen molar-refractivity contribution >= 4 is 46.6 Å². The lowest BCUT2D eigenvalue weighted by atomic mass is 10.3. The van der Waals surface area contributed by atoms with E-state index in [0.717, 1.165) is 6.08 Å². The number of rotatable bonds is 4. The van der Waals surface area contributed by atoms with Gasteiger partial charge in [0.05, 0.1) is 0 Å². The van der Waals surface area contributed by atoms with Gasteiger partial charge in [-0.15, -0.1) is 0 Å². The number of allylic oxidation sites excluding steroid dienone is 1. The lowest BCUT2D eigenvalue weighted by Gasteiger charge is -2.02. The molecule has 3 nitrogen and oxygen atoms in total. The van der Waals surface area contributed by atoms with Crippen LogP contribution in [0.25, 0.3) is 0 Å². The van der Waals surface area contributed by atoms with Gasteiger partial charge in [0.15, 0.2) is 5.78 Å². The van der Waals surface area contributed by atoms with Crippen molar-refractivity contribution in [1.29, 1.82) is 0 Å². The van der Waals surface area contributed by atoms with Crippen molar-refractivity contribution in [2.24, 2.45) is 0 Å². The molecule has 0 saturated carbocycles. The Morgan fingerprint density at radius 1 is 1.29 bits per heavy atom. The number of hydrogen-bond donors (Lipinski definition) is 0. The molecule has 1 rings (SSSR count). The van der Waals surface area contributed by atoms with E-state index in [1.807, 2.05) is 0 Å². The maximum absolute atomic E-state index is 11.3. The number of ether oxygens (including phenoxy) is 1. The van der Waals surface area contributed by atoms with E-state index >= 15 is 0 Å². The van der Waals surface area contributed by atoms with E-state index in [2.05, 4.69) is 0 Å². The van der Waals surface area contributed by atoms with Crippen molar-refractivity contribution in [2.75, 3.05) is 0 Å². The standard InChI is InChI=1S/C11H7Cl3O3/c12-7-2-1-3-9(4-7)17-11(16)6-8(15)5-10(13)14/h1-5H,6H2. The number of carbonyl (C=O) groups is 2. The highest BCUT2D eigenvalue weighted by Crippen LogP contribution is 2.17. The summed E-state index contributed by atoms with van der Waals surface area (Å²) in [5, 5.41) is 0.435. The van der Waals surface area contributed by atoms with E-state index in [1.165, 1.54) is 6.07 Å². The summed E-state index contributed by atoms with van der Waals surface area (Å²) < 4.78 is 4.68. The summed E-state index contributed by atoms with van der Waals surface area (Å²) >= 11 is 16.2. The van der Waals surface area contributed by atoms with Gasteiger partial charge >= 0.3 is 5.97 Å². The largest absolute Gasteiger partial charge is 0.426 e. The molecule has 0 aromatic heterocycles. The van der Waals surface area contributed by atoms with Crippen LogP contribution >= 0.6 is 34.8 Å². The Morgan fingerprint density at radius 2 is 2.00 bits per heavy atom. The topological polar surface area (TPSA) is 43.4 Å². The first-order valence-electron chi connectivity index (χ1n) is 4.49. The third-order valence-corrected chi connectivity index (χ3v) is 2.07. The minimum absolute atomic E-state index is 0.203. The summed E-state index contributed by atoms with van der Waals surface area (Å²) in [5.41, 5.74) is 0. The minimum atomic E-state index is -0.705. The van der Waals surface area contributed by atoms with Gasteiger partial charge in [0.1, 0.15) is 16.7 Å². The molecule has 17 heavy (non-hydrogen) atoms. The van der Waals surface area contributed by atoms with Crippen LogP contribution in [0, 0.1) is 0 Å². The molecular formula is C11H7Cl3O3. The fourth-order valence-corrected chi connectivity index (χ4v) is 1.44. The van der Waals surface area contributed by atoms with E-state index < -0.39 is 18.2 Å². The number of carbonyl (C=O) groups excluding carboxylic acids is 2. The molecule has 0 fully saturated rings.